The molecule has 4 rings (SSSR count). The first kappa shape index (κ1) is 20.9. The van der Waals surface area contributed by atoms with Crippen LogP contribution in [0.2, 0.25) is 0 Å². The first-order valence-electron chi connectivity index (χ1n) is 8.78. The van der Waals surface area contributed by atoms with Gasteiger partial charge in [-0.3, -0.25) is 15.1 Å². The third-order valence-electron chi connectivity index (χ3n) is 5.08. The Bertz CT molecular complexity index is 1180. The molecule has 4 heterocycles. The van der Waals surface area contributed by atoms with Crippen molar-refractivity contribution in [2.45, 2.75) is 23.1 Å². The number of fused-ring (bicyclic) bond motifs is 1. The maximum Gasteiger partial charge on any atom is 0.413 e. The molecule has 2 aromatic rings. The van der Waals surface area contributed by atoms with Crippen molar-refractivity contribution in [3.8, 4) is 0 Å². The Morgan fingerprint density at radius 1 is 1.42 bits per heavy atom. The molecule has 0 aliphatic carbocycles. The summed E-state index contributed by atoms with van der Waals surface area (Å²) in [4.78, 5) is 41.4. The summed E-state index contributed by atoms with van der Waals surface area (Å²) in [6, 6.07) is 3.17. The highest BCUT2D eigenvalue weighted by molar-refractivity contribution is 7.94. The average molecular weight is 465 g/mol. The van der Waals surface area contributed by atoms with Crippen LogP contribution in [0, 0.1) is 0 Å². The number of nitrogens with one attached hydrogen (secondary N) is 1. The van der Waals surface area contributed by atoms with E-state index in [1.165, 1.54) is 17.8 Å². The Labute approximate surface area is 179 Å². The largest absolute Gasteiger partial charge is 0.480 e. The number of rotatable bonds is 5. The highest BCUT2D eigenvalue weighted by Crippen LogP contribution is 2.49. The minimum atomic E-state index is -4.28. The number of ether oxygens (including phenoxy) is 1. The number of β-lactam (4-membered cyclic amide) rings is 1. The second-order valence-corrected chi connectivity index (χ2v) is 10.3. The van der Waals surface area contributed by atoms with Gasteiger partial charge in [-0.2, -0.15) is 0 Å². The van der Waals surface area contributed by atoms with Gasteiger partial charge in [-0.1, -0.05) is 17.4 Å². The molecule has 14 heteroatoms. The van der Waals surface area contributed by atoms with Crippen LogP contribution < -0.4 is 5.32 Å². The number of nitrogens with zero attached hydrogens (tertiary/aromatic N) is 4. The monoisotopic (exact) mass is 465 g/mol. The molecule has 162 valence electrons. The van der Waals surface area contributed by atoms with Crippen molar-refractivity contribution in [2.24, 2.45) is 0 Å². The fourth-order valence-corrected chi connectivity index (χ4v) is 6.28. The van der Waals surface area contributed by atoms with Gasteiger partial charge in [0.05, 0.1) is 11.3 Å². The number of carbonyl (C=O) groups is 3. The van der Waals surface area contributed by atoms with E-state index >= 15 is 0 Å². The standard InChI is InChI=1S/C17H15N5O7S2/c1-17(7-29-16(26)20-15-21-19-8-30-15)11(14(24)25)22-12(23)10(13(22)31(17,27)28)6-9-4-2-3-5-18-9/h2-6,8,11,13H,7H2,1H3,(H,24,25)(H,20,21,26)/b10-6-/t11-,13?,17?/m0/s1. The van der Waals surface area contributed by atoms with Gasteiger partial charge in [-0.05, 0) is 25.1 Å². The van der Waals surface area contributed by atoms with Crippen LogP contribution in [0.5, 0.6) is 0 Å². The Balaban J connectivity index is 1.63. The second-order valence-electron chi connectivity index (χ2n) is 6.96. The maximum absolute atomic E-state index is 13.3. The van der Waals surface area contributed by atoms with Crippen LogP contribution in [-0.4, -0.2) is 74.3 Å². The van der Waals surface area contributed by atoms with Gasteiger partial charge >= 0.3 is 12.1 Å². The molecule has 0 spiro atoms. The minimum Gasteiger partial charge on any atom is -0.480 e. The molecular formula is C17H15N5O7S2. The van der Waals surface area contributed by atoms with Crippen molar-refractivity contribution >= 4 is 50.4 Å². The fraction of sp³-hybridized carbons (Fsp3) is 0.294. The van der Waals surface area contributed by atoms with E-state index in [1.807, 2.05) is 0 Å². The van der Waals surface area contributed by atoms with E-state index in [2.05, 4.69) is 20.5 Å². The van der Waals surface area contributed by atoms with Crippen molar-refractivity contribution in [2.75, 3.05) is 11.9 Å². The number of sulfone groups is 1. The lowest BCUT2D eigenvalue weighted by Crippen LogP contribution is -2.59. The van der Waals surface area contributed by atoms with Gasteiger partial charge in [-0.25, -0.2) is 18.0 Å². The molecule has 12 nitrogen and oxygen atoms in total. The fourth-order valence-electron chi connectivity index (χ4n) is 3.57. The summed E-state index contributed by atoms with van der Waals surface area (Å²) < 4.78 is 29.6. The number of anilines is 1. The number of aliphatic carboxylic acids is 1. The smallest absolute Gasteiger partial charge is 0.413 e. The van der Waals surface area contributed by atoms with Gasteiger partial charge < -0.3 is 14.7 Å². The van der Waals surface area contributed by atoms with E-state index in [1.54, 1.807) is 18.2 Å². The van der Waals surface area contributed by atoms with E-state index in [4.69, 9.17) is 4.74 Å². The third-order valence-corrected chi connectivity index (χ3v) is 8.40. The second kappa shape index (κ2) is 7.39. The Hall–Kier alpha value is -3.39. The van der Waals surface area contributed by atoms with Crippen LogP contribution >= 0.6 is 11.3 Å². The zero-order valence-electron chi connectivity index (χ0n) is 15.8. The van der Waals surface area contributed by atoms with Crippen LogP contribution in [-0.2, 0) is 24.2 Å². The third kappa shape index (κ3) is 3.23. The molecule has 0 bridgehead atoms. The van der Waals surface area contributed by atoms with Crippen LogP contribution in [0.1, 0.15) is 12.6 Å². The van der Waals surface area contributed by atoms with Crippen LogP contribution in [0.15, 0.2) is 35.5 Å². The summed E-state index contributed by atoms with van der Waals surface area (Å²) in [5, 5.41) is 17.8. The lowest BCUT2D eigenvalue weighted by atomic mass is 9.94. The van der Waals surface area contributed by atoms with E-state index in [0.29, 0.717) is 5.69 Å². The summed E-state index contributed by atoms with van der Waals surface area (Å²) >= 11 is 1.01. The first-order valence-corrected chi connectivity index (χ1v) is 11.2. The molecule has 0 radical (unpaired) electrons. The molecule has 2 aliphatic rings. The van der Waals surface area contributed by atoms with E-state index in [-0.39, 0.29) is 10.7 Å². The van der Waals surface area contributed by atoms with Gasteiger partial charge in [0.1, 0.15) is 16.9 Å². The van der Waals surface area contributed by atoms with E-state index in [0.717, 1.165) is 23.2 Å². The van der Waals surface area contributed by atoms with Crippen molar-refractivity contribution < 1.29 is 32.6 Å². The highest BCUT2D eigenvalue weighted by atomic mass is 32.2. The quantitative estimate of drug-likeness (QED) is 0.465. The average Bonchev–Trinajstić information content (AvgIpc) is 3.28. The lowest BCUT2D eigenvalue weighted by molar-refractivity contribution is -0.153. The van der Waals surface area contributed by atoms with Gasteiger partial charge in [0.15, 0.2) is 21.3 Å². The van der Waals surface area contributed by atoms with Gasteiger partial charge in [0.25, 0.3) is 5.91 Å². The van der Waals surface area contributed by atoms with Crippen molar-refractivity contribution in [1.29, 1.82) is 0 Å². The molecule has 31 heavy (non-hydrogen) atoms. The van der Waals surface area contributed by atoms with Crippen molar-refractivity contribution in [1.82, 2.24) is 20.1 Å². The molecule has 0 saturated carbocycles. The summed E-state index contributed by atoms with van der Waals surface area (Å²) in [6.07, 6.45) is 1.77. The molecule has 2 aliphatic heterocycles. The number of carbonyl (C=O) groups excluding carboxylic acids is 2. The Morgan fingerprint density at radius 3 is 2.81 bits per heavy atom. The van der Waals surface area contributed by atoms with Crippen LogP contribution in [0.25, 0.3) is 6.08 Å². The molecule has 2 aromatic heterocycles. The molecule has 3 atom stereocenters. The summed E-state index contributed by atoms with van der Waals surface area (Å²) in [6.45, 7) is 0.359. The van der Waals surface area contributed by atoms with Crippen molar-refractivity contribution in [3.05, 3.63) is 41.2 Å². The molecular weight excluding hydrogens is 450 g/mol. The lowest BCUT2D eigenvalue weighted by Gasteiger charge is -2.37. The molecule has 2 N–H and O–H groups in total. The zero-order valence-corrected chi connectivity index (χ0v) is 17.5. The SMILES string of the molecule is CC1(COC(=O)Nc2nncs2)[C@H](C(=O)O)N2C(=O)/C(=C/c3ccccn3)C2S1(=O)=O. The maximum atomic E-state index is 13.3. The first-order chi connectivity index (χ1) is 14.7. The Kier molecular flexibility index (Phi) is 4.97. The number of aromatic nitrogens is 3. The topological polar surface area (TPSA) is 169 Å². The minimum absolute atomic E-state index is 0.0908. The summed E-state index contributed by atoms with van der Waals surface area (Å²) in [5.74, 6) is -2.25. The Morgan fingerprint density at radius 2 is 2.19 bits per heavy atom. The van der Waals surface area contributed by atoms with Crippen molar-refractivity contribution in [3.63, 3.8) is 0 Å². The van der Waals surface area contributed by atoms with Crippen LogP contribution in [0.4, 0.5) is 9.93 Å². The number of hydrogen-bond acceptors (Lipinski definition) is 10. The molecule has 2 unspecified atom stereocenters. The normalized spacial score (nSPS) is 27.5. The number of carboxylic acids is 1. The van der Waals surface area contributed by atoms with Gasteiger partial charge in [0, 0.05) is 6.20 Å². The molecule has 2 fully saturated rings. The highest BCUT2D eigenvalue weighted by Gasteiger charge is 2.72. The predicted molar refractivity (Wildman–Crippen MR) is 106 cm³/mol. The van der Waals surface area contributed by atoms with Gasteiger partial charge in [-0.15, -0.1) is 10.2 Å². The number of carboxylic acid groups (broad SMARTS) is 1. The van der Waals surface area contributed by atoms with E-state index < -0.39 is 50.6 Å². The zero-order chi connectivity index (χ0) is 22.4. The molecule has 2 amide bonds. The van der Waals surface area contributed by atoms with E-state index in [9.17, 15) is 27.9 Å². The summed E-state index contributed by atoms with van der Waals surface area (Å²) in [7, 11) is -4.28. The molecule has 0 aromatic carbocycles. The number of pyridine rings is 1. The number of hydrogen-bond donors (Lipinski definition) is 2. The van der Waals surface area contributed by atoms with Crippen LogP contribution in [0.3, 0.4) is 0 Å². The summed E-state index contributed by atoms with van der Waals surface area (Å²) in [5.41, 5.74) is 1.63. The number of amides is 2. The van der Waals surface area contributed by atoms with Gasteiger partial charge in [0.2, 0.25) is 5.13 Å². The molecule has 2 saturated heterocycles. The predicted octanol–water partition coefficient (Wildman–Crippen LogP) is 0.374.